The molecule has 0 amide bonds. The molecule has 0 radical (unpaired) electrons. The molecule has 1 aromatic heterocycles. The molecule has 0 unspecified atom stereocenters. The van der Waals surface area contributed by atoms with E-state index >= 15 is 0 Å². The second kappa shape index (κ2) is 15.5. The first-order valence-electron chi connectivity index (χ1n) is 21.9. The van der Waals surface area contributed by atoms with Gasteiger partial charge in [-0.1, -0.05) is 170 Å². The number of hydrogen-bond donors (Lipinski definition) is 0. The van der Waals surface area contributed by atoms with E-state index in [2.05, 4.69) is 252 Å². The molecular formula is C61H42N2O. The number of benzene rings is 10. The van der Waals surface area contributed by atoms with E-state index in [1.54, 1.807) is 0 Å². The van der Waals surface area contributed by atoms with E-state index in [9.17, 15) is 0 Å². The Bertz CT molecular complexity index is 3380. The van der Waals surface area contributed by atoms with Crippen molar-refractivity contribution in [1.82, 2.24) is 0 Å². The molecule has 11 aromatic rings. The number of hydrogen-bond acceptors (Lipinski definition) is 3. The summed E-state index contributed by atoms with van der Waals surface area (Å²) in [5.41, 5.74) is 17.4. The van der Waals surface area contributed by atoms with Crippen LogP contribution in [0, 0.1) is 0 Å². The SMILES string of the molecule is c1ccc(N(c2ccccc2)c2cccc(-c3cccc(N(c4cccc(C5(c6ccccc6)c6ccccc6-c6ccccc65)c4)c4ccc5c(c4)oc4ccccc45)c3)c2)cc1. The fourth-order valence-corrected chi connectivity index (χ4v) is 10.1. The van der Waals surface area contributed by atoms with Gasteiger partial charge in [0.25, 0.3) is 0 Å². The lowest BCUT2D eigenvalue weighted by Gasteiger charge is -2.35. The minimum absolute atomic E-state index is 0.537. The van der Waals surface area contributed by atoms with Crippen LogP contribution >= 0.6 is 0 Å². The van der Waals surface area contributed by atoms with Gasteiger partial charge in [-0.25, -0.2) is 0 Å². The van der Waals surface area contributed by atoms with Crippen LogP contribution in [-0.4, -0.2) is 0 Å². The van der Waals surface area contributed by atoms with Crippen LogP contribution in [0.25, 0.3) is 44.2 Å². The Hall–Kier alpha value is -8.40. The molecule has 3 nitrogen and oxygen atoms in total. The summed E-state index contributed by atoms with van der Waals surface area (Å²) >= 11 is 0. The average molecular weight is 819 g/mol. The predicted octanol–water partition coefficient (Wildman–Crippen LogP) is 16.6. The van der Waals surface area contributed by atoms with Crippen molar-refractivity contribution >= 4 is 56.1 Å². The molecule has 0 aliphatic heterocycles. The van der Waals surface area contributed by atoms with E-state index in [4.69, 9.17) is 4.42 Å². The Labute approximate surface area is 373 Å². The Morgan fingerprint density at radius 1 is 0.281 bits per heavy atom. The number of nitrogens with zero attached hydrogens (tertiary/aromatic N) is 2. The molecule has 1 aliphatic carbocycles. The van der Waals surface area contributed by atoms with Gasteiger partial charge in [0.05, 0.1) is 5.41 Å². The van der Waals surface area contributed by atoms with Crippen molar-refractivity contribution in [3.05, 3.63) is 277 Å². The molecule has 0 saturated carbocycles. The fourth-order valence-electron chi connectivity index (χ4n) is 10.1. The van der Waals surface area contributed by atoms with Crippen molar-refractivity contribution < 1.29 is 4.42 Å². The summed E-state index contributed by atoms with van der Waals surface area (Å²) in [7, 11) is 0. The fraction of sp³-hybridized carbons (Fsp3) is 0.0164. The van der Waals surface area contributed by atoms with Gasteiger partial charge in [0.15, 0.2) is 0 Å². The first-order valence-corrected chi connectivity index (χ1v) is 21.9. The number of anilines is 6. The highest BCUT2D eigenvalue weighted by atomic mass is 16.3. The molecule has 12 rings (SSSR count). The average Bonchev–Trinajstić information content (AvgIpc) is 3.89. The van der Waals surface area contributed by atoms with Crippen LogP contribution in [0.2, 0.25) is 0 Å². The predicted molar refractivity (Wildman–Crippen MR) is 266 cm³/mol. The van der Waals surface area contributed by atoms with Crippen molar-refractivity contribution in [3.63, 3.8) is 0 Å². The summed E-state index contributed by atoms with van der Waals surface area (Å²) in [6.07, 6.45) is 0. The Morgan fingerprint density at radius 2 is 0.719 bits per heavy atom. The smallest absolute Gasteiger partial charge is 0.137 e. The molecule has 0 fully saturated rings. The van der Waals surface area contributed by atoms with Crippen molar-refractivity contribution in [3.8, 4) is 22.3 Å². The minimum atomic E-state index is -0.537. The molecule has 0 N–H and O–H groups in total. The largest absolute Gasteiger partial charge is 0.456 e. The van der Waals surface area contributed by atoms with Crippen LogP contribution in [0.5, 0.6) is 0 Å². The summed E-state index contributed by atoms with van der Waals surface area (Å²) in [5, 5.41) is 2.21. The molecule has 0 bridgehead atoms. The molecule has 0 atom stereocenters. The van der Waals surface area contributed by atoms with Gasteiger partial charge >= 0.3 is 0 Å². The molecular weight excluding hydrogens is 777 g/mol. The lowest BCUT2D eigenvalue weighted by atomic mass is 9.67. The highest BCUT2D eigenvalue weighted by molar-refractivity contribution is 6.06. The number of para-hydroxylation sites is 3. The normalized spacial score (nSPS) is 12.5. The lowest BCUT2D eigenvalue weighted by molar-refractivity contribution is 0.669. The third kappa shape index (κ3) is 6.13. The Morgan fingerprint density at radius 3 is 1.34 bits per heavy atom. The van der Waals surface area contributed by atoms with E-state index in [-0.39, 0.29) is 0 Å². The molecule has 1 heterocycles. The molecule has 0 spiro atoms. The summed E-state index contributed by atoms with van der Waals surface area (Å²) in [5.74, 6) is 0. The van der Waals surface area contributed by atoms with Gasteiger partial charge in [-0.2, -0.15) is 0 Å². The first-order chi connectivity index (χ1) is 31.7. The maximum Gasteiger partial charge on any atom is 0.137 e. The Balaban J connectivity index is 1.04. The number of furan rings is 1. The van der Waals surface area contributed by atoms with Crippen molar-refractivity contribution in [2.24, 2.45) is 0 Å². The van der Waals surface area contributed by atoms with Gasteiger partial charge < -0.3 is 14.2 Å². The highest BCUT2D eigenvalue weighted by Crippen LogP contribution is 2.56. The molecule has 302 valence electrons. The first kappa shape index (κ1) is 37.4. The summed E-state index contributed by atoms with van der Waals surface area (Å²) in [4.78, 5) is 4.70. The van der Waals surface area contributed by atoms with Crippen molar-refractivity contribution in [2.75, 3.05) is 9.80 Å². The zero-order valence-electron chi connectivity index (χ0n) is 35.1. The summed E-state index contributed by atoms with van der Waals surface area (Å²) in [6, 6.07) is 91.9. The van der Waals surface area contributed by atoms with Gasteiger partial charge in [-0.05, 0) is 123 Å². The van der Waals surface area contributed by atoms with E-state index in [0.717, 1.165) is 67.2 Å². The second-order valence-corrected chi connectivity index (χ2v) is 16.5. The van der Waals surface area contributed by atoms with E-state index in [1.807, 2.05) is 12.1 Å². The van der Waals surface area contributed by atoms with Gasteiger partial charge in [-0.3, -0.25) is 0 Å². The quantitative estimate of drug-likeness (QED) is 0.145. The zero-order chi connectivity index (χ0) is 42.5. The van der Waals surface area contributed by atoms with Crippen LogP contribution in [0.3, 0.4) is 0 Å². The van der Waals surface area contributed by atoms with E-state index < -0.39 is 5.41 Å². The molecule has 1 aliphatic rings. The molecule has 3 heteroatoms. The van der Waals surface area contributed by atoms with E-state index in [0.29, 0.717) is 0 Å². The van der Waals surface area contributed by atoms with E-state index in [1.165, 1.54) is 33.4 Å². The lowest BCUT2D eigenvalue weighted by Crippen LogP contribution is -2.28. The summed E-state index contributed by atoms with van der Waals surface area (Å²) in [6.45, 7) is 0. The van der Waals surface area contributed by atoms with Crippen LogP contribution < -0.4 is 9.80 Å². The number of rotatable bonds is 9. The number of fused-ring (bicyclic) bond motifs is 6. The van der Waals surface area contributed by atoms with Crippen molar-refractivity contribution in [2.45, 2.75) is 5.41 Å². The van der Waals surface area contributed by atoms with Gasteiger partial charge in [0, 0.05) is 51.0 Å². The third-order valence-corrected chi connectivity index (χ3v) is 12.9. The van der Waals surface area contributed by atoms with Crippen LogP contribution in [0.15, 0.2) is 259 Å². The maximum absolute atomic E-state index is 6.54. The maximum atomic E-state index is 6.54. The second-order valence-electron chi connectivity index (χ2n) is 16.5. The highest BCUT2D eigenvalue weighted by Gasteiger charge is 2.46. The zero-order valence-corrected chi connectivity index (χ0v) is 35.1. The summed E-state index contributed by atoms with van der Waals surface area (Å²) < 4.78 is 6.54. The third-order valence-electron chi connectivity index (χ3n) is 12.9. The van der Waals surface area contributed by atoms with Crippen molar-refractivity contribution in [1.29, 1.82) is 0 Å². The van der Waals surface area contributed by atoms with Crippen LogP contribution in [0.4, 0.5) is 34.1 Å². The van der Waals surface area contributed by atoms with Crippen LogP contribution in [-0.2, 0) is 5.41 Å². The molecule has 64 heavy (non-hydrogen) atoms. The molecule has 0 saturated heterocycles. The monoisotopic (exact) mass is 818 g/mol. The Kier molecular flexibility index (Phi) is 9.05. The minimum Gasteiger partial charge on any atom is -0.456 e. The molecule has 10 aromatic carbocycles. The van der Waals surface area contributed by atoms with Gasteiger partial charge in [-0.15, -0.1) is 0 Å². The van der Waals surface area contributed by atoms with Gasteiger partial charge in [0.1, 0.15) is 11.2 Å². The topological polar surface area (TPSA) is 19.6 Å². The standard InChI is InChI=1S/C61H42N2O/c1-4-21-45(22-5-1)61(57-34-13-10-31-53(57)54-32-11-14-35-58(54)61)46-23-18-30-51(41-46)63(52-37-38-56-55-33-12-15-36-59(55)64-60(56)42-52)50-29-17-20-44(40-50)43-19-16-28-49(39-43)62(47-24-6-2-7-25-47)48-26-8-3-9-27-48/h1-42H. The van der Waals surface area contributed by atoms with Gasteiger partial charge in [0.2, 0.25) is 0 Å². The van der Waals surface area contributed by atoms with Crippen LogP contribution in [0.1, 0.15) is 22.3 Å².